The van der Waals surface area contributed by atoms with Gasteiger partial charge in [-0.25, -0.2) is 9.78 Å². The van der Waals surface area contributed by atoms with E-state index in [9.17, 15) is 14.9 Å². The number of hydrogen-bond donors (Lipinski definition) is 0. The van der Waals surface area contributed by atoms with E-state index < -0.39 is 10.9 Å². The summed E-state index contributed by atoms with van der Waals surface area (Å²) in [6.45, 7) is 1.44. The maximum atomic E-state index is 11.2. The Hall–Kier alpha value is -2.18. The number of benzene rings is 1. The Bertz CT molecular complexity index is 678. The number of pyridine rings is 1. The van der Waals surface area contributed by atoms with Crippen molar-refractivity contribution in [1.29, 1.82) is 0 Å². The van der Waals surface area contributed by atoms with Crippen molar-refractivity contribution in [3.63, 3.8) is 0 Å². The molecule has 0 saturated carbocycles. The molecule has 8 heteroatoms. The van der Waals surface area contributed by atoms with Gasteiger partial charge >= 0.3 is 5.97 Å². The maximum Gasteiger partial charge on any atom is 0.341 e. The van der Waals surface area contributed by atoms with Gasteiger partial charge in [0.1, 0.15) is 16.4 Å². The topological polar surface area (TPSA) is 82.3 Å². The van der Waals surface area contributed by atoms with Gasteiger partial charge in [-0.3, -0.25) is 10.1 Å². The molecule has 1 heterocycles. The standard InChI is InChI=1S/C8H7ClN2O4.C6H5Cl/c1-4-6(11(13)14)3-5(7(9)10-4)8(12)15-2;7-6-4-2-1-3-5-6/h3H,1-2H3;1-5H. The van der Waals surface area contributed by atoms with E-state index >= 15 is 0 Å². The van der Waals surface area contributed by atoms with E-state index in [2.05, 4.69) is 9.72 Å². The molecule has 0 saturated heterocycles. The summed E-state index contributed by atoms with van der Waals surface area (Å²) in [7, 11) is 1.16. The summed E-state index contributed by atoms with van der Waals surface area (Å²) < 4.78 is 4.41. The van der Waals surface area contributed by atoms with E-state index in [1.807, 2.05) is 30.3 Å². The number of carbonyl (C=O) groups excluding carboxylic acids is 1. The Balaban J connectivity index is 0.000000287. The highest BCUT2D eigenvalue weighted by molar-refractivity contribution is 6.32. The van der Waals surface area contributed by atoms with E-state index in [4.69, 9.17) is 23.2 Å². The molecule has 0 aliphatic heterocycles. The quantitative estimate of drug-likeness (QED) is 0.355. The lowest BCUT2D eigenvalue weighted by Crippen LogP contribution is -2.06. The fraction of sp³-hybridized carbons (Fsp3) is 0.143. The lowest BCUT2D eigenvalue weighted by molar-refractivity contribution is -0.385. The van der Waals surface area contributed by atoms with Crippen molar-refractivity contribution in [2.24, 2.45) is 0 Å². The second kappa shape index (κ2) is 8.31. The van der Waals surface area contributed by atoms with E-state index in [-0.39, 0.29) is 22.1 Å². The van der Waals surface area contributed by atoms with Gasteiger partial charge in [-0.2, -0.15) is 0 Å². The fourth-order valence-electron chi connectivity index (χ4n) is 1.42. The average Bonchev–Trinajstić information content (AvgIpc) is 2.47. The number of halogens is 2. The lowest BCUT2D eigenvalue weighted by Gasteiger charge is -2.03. The van der Waals surface area contributed by atoms with Gasteiger partial charge in [0.15, 0.2) is 0 Å². The van der Waals surface area contributed by atoms with Gasteiger partial charge in [0.05, 0.1) is 12.0 Å². The summed E-state index contributed by atoms with van der Waals surface area (Å²) in [6, 6.07) is 10.5. The number of ether oxygens (including phenoxy) is 1. The lowest BCUT2D eigenvalue weighted by atomic mass is 10.2. The first-order chi connectivity index (χ1) is 10.4. The van der Waals surface area contributed by atoms with Crippen LogP contribution in [0.25, 0.3) is 0 Å². The van der Waals surface area contributed by atoms with Crippen molar-refractivity contribution in [3.8, 4) is 0 Å². The Kier molecular flexibility index (Phi) is 6.75. The predicted molar refractivity (Wildman–Crippen MR) is 83.4 cm³/mol. The van der Waals surface area contributed by atoms with Crippen molar-refractivity contribution in [3.05, 3.63) is 67.9 Å². The fourth-order valence-corrected chi connectivity index (χ4v) is 1.82. The summed E-state index contributed by atoms with van der Waals surface area (Å²) >= 11 is 11.2. The number of esters is 1. The molecule has 0 amide bonds. The van der Waals surface area contributed by atoms with Crippen LogP contribution in [0.1, 0.15) is 16.1 Å². The Morgan fingerprint density at radius 3 is 2.27 bits per heavy atom. The summed E-state index contributed by atoms with van der Waals surface area (Å²) in [5.41, 5.74) is -0.228. The number of nitro groups is 1. The molecular weight excluding hydrogens is 331 g/mol. The second-order valence-electron chi connectivity index (χ2n) is 3.98. The number of rotatable bonds is 2. The van der Waals surface area contributed by atoms with Crippen LogP contribution in [-0.2, 0) is 4.74 Å². The first kappa shape index (κ1) is 17.9. The summed E-state index contributed by atoms with van der Waals surface area (Å²) in [5.74, 6) is -0.754. The van der Waals surface area contributed by atoms with Gasteiger partial charge in [-0.1, -0.05) is 41.4 Å². The molecule has 22 heavy (non-hydrogen) atoms. The minimum absolute atomic E-state index is 0.107. The van der Waals surface area contributed by atoms with Crippen LogP contribution in [-0.4, -0.2) is 23.0 Å². The van der Waals surface area contributed by atoms with Gasteiger partial charge in [-0.05, 0) is 19.1 Å². The van der Waals surface area contributed by atoms with Crippen molar-refractivity contribution in [2.45, 2.75) is 6.92 Å². The van der Waals surface area contributed by atoms with E-state index in [0.717, 1.165) is 18.2 Å². The molecule has 0 fully saturated rings. The zero-order chi connectivity index (χ0) is 16.7. The third-order valence-electron chi connectivity index (χ3n) is 2.47. The summed E-state index contributed by atoms with van der Waals surface area (Å²) in [4.78, 5) is 24.8. The molecule has 2 aromatic rings. The minimum Gasteiger partial charge on any atom is -0.465 e. The third-order valence-corrected chi connectivity index (χ3v) is 3.02. The number of nitrogens with zero attached hydrogens (tertiary/aromatic N) is 2. The van der Waals surface area contributed by atoms with E-state index in [1.54, 1.807) is 0 Å². The van der Waals surface area contributed by atoms with Crippen molar-refractivity contribution >= 4 is 34.9 Å². The first-order valence-electron chi connectivity index (χ1n) is 5.97. The van der Waals surface area contributed by atoms with Crippen LogP contribution < -0.4 is 0 Å². The van der Waals surface area contributed by atoms with E-state index in [1.165, 1.54) is 6.92 Å². The zero-order valence-electron chi connectivity index (χ0n) is 11.7. The van der Waals surface area contributed by atoms with Crippen LogP contribution in [0.2, 0.25) is 10.2 Å². The molecule has 1 aromatic heterocycles. The highest BCUT2D eigenvalue weighted by atomic mass is 35.5. The molecule has 0 aliphatic carbocycles. The zero-order valence-corrected chi connectivity index (χ0v) is 13.3. The van der Waals surface area contributed by atoms with E-state index in [0.29, 0.717) is 0 Å². The van der Waals surface area contributed by atoms with Crippen LogP contribution in [0.15, 0.2) is 36.4 Å². The molecule has 0 N–H and O–H groups in total. The molecule has 0 aliphatic rings. The van der Waals surface area contributed by atoms with Crippen LogP contribution >= 0.6 is 23.2 Å². The molecule has 0 radical (unpaired) electrons. The van der Waals surface area contributed by atoms with Gasteiger partial charge in [0.25, 0.3) is 5.69 Å². The van der Waals surface area contributed by atoms with Gasteiger partial charge in [0.2, 0.25) is 0 Å². The van der Waals surface area contributed by atoms with Gasteiger partial charge in [0, 0.05) is 11.1 Å². The number of aryl methyl sites for hydroxylation is 1. The summed E-state index contributed by atoms with van der Waals surface area (Å²) in [5, 5.41) is 11.3. The second-order valence-corrected chi connectivity index (χ2v) is 4.77. The maximum absolute atomic E-state index is 11.2. The number of aromatic nitrogens is 1. The van der Waals surface area contributed by atoms with Crippen LogP contribution in [0, 0.1) is 17.0 Å². The smallest absolute Gasteiger partial charge is 0.341 e. The van der Waals surface area contributed by atoms with Crippen molar-refractivity contribution in [1.82, 2.24) is 4.98 Å². The molecule has 2 rings (SSSR count). The van der Waals surface area contributed by atoms with Crippen LogP contribution in [0.5, 0.6) is 0 Å². The monoisotopic (exact) mass is 342 g/mol. The van der Waals surface area contributed by atoms with Crippen molar-refractivity contribution in [2.75, 3.05) is 7.11 Å². The normalized spacial score (nSPS) is 9.45. The Morgan fingerprint density at radius 2 is 1.86 bits per heavy atom. The first-order valence-corrected chi connectivity index (χ1v) is 6.72. The third kappa shape index (κ3) is 4.98. The molecule has 0 atom stereocenters. The average molecular weight is 343 g/mol. The molecule has 116 valence electrons. The van der Waals surface area contributed by atoms with Crippen molar-refractivity contribution < 1.29 is 14.5 Å². The Labute approximate surface area is 136 Å². The SMILES string of the molecule is COC(=O)c1cc([N+](=O)[O-])c(C)nc1Cl.Clc1ccccc1. The molecule has 0 bridgehead atoms. The highest BCUT2D eigenvalue weighted by Gasteiger charge is 2.20. The number of methoxy groups -OCH3 is 1. The Morgan fingerprint density at radius 1 is 1.27 bits per heavy atom. The molecule has 1 aromatic carbocycles. The molecular formula is C14H12Cl2N2O4. The summed E-state index contributed by atoms with van der Waals surface area (Å²) in [6.07, 6.45) is 0. The van der Waals surface area contributed by atoms with Crippen LogP contribution in [0.4, 0.5) is 5.69 Å². The van der Waals surface area contributed by atoms with Gasteiger partial charge < -0.3 is 4.74 Å². The number of hydrogen-bond acceptors (Lipinski definition) is 5. The highest BCUT2D eigenvalue weighted by Crippen LogP contribution is 2.23. The predicted octanol–water partition coefficient (Wildman–Crippen LogP) is 4.08. The largest absolute Gasteiger partial charge is 0.465 e. The van der Waals surface area contributed by atoms with Gasteiger partial charge in [-0.15, -0.1) is 0 Å². The minimum atomic E-state index is -0.754. The van der Waals surface area contributed by atoms with Crippen LogP contribution in [0.3, 0.4) is 0 Å². The molecule has 0 unspecified atom stereocenters. The molecule has 0 spiro atoms. The number of carbonyl (C=O) groups is 1. The molecule has 6 nitrogen and oxygen atoms in total.